The molecule has 0 heterocycles. The molecule has 0 aromatic heterocycles. The van der Waals surface area contributed by atoms with Gasteiger partial charge in [0, 0.05) is 15.5 Å². The zero-order valence-electron chi connectivity index (χ0n) is 8.98. The lowest BCUT2D eigenvalue weighted by atomic mass is 10.0. The van der Waals surface area contributed by atoms with E-state index >= 15 is 0 Å². The normalized spacial score (nSPS) is 12.5. The molecule has 0 aliphatic heterocycles. The molecule has 1 rings (SSSR count). The molecule has 82 valence electrons. The molecule has 0 amide bonds. The van der Waals surface area contributed by atoms with E-state index in [0.717, 1.165) is 27.1 Å². The molecule has 0 spiro atoms. The molecule has 15 heavy (non-hydrogen) atoms. The van der Waals surface area contributed by atoms with E-state index in [1.807, 2.05) is 32.2 Å². The van der Waals surface area contributed by atoms with Gasteiger partial charge in [-0.1, -0.05) is 33.1 Å². The van der Waals surface area contributed by atoms with Crippen molar-refractivity contribution >= 4 is 27.5 Å². The first-order valence-corrected chi connectivity index (χ1v) is 5.98. The van der Waals surface area contributed by atoms with Gasteiger partial charge in [-0.15, -0.1) is 6.58 Å². The van der Waals surface area contributed by atoms with Gasteiger partial charge in [0.25, 0.3) is 0 Å². The van der Waals surface area contributed by atoms with E-state index in [1.54, 1.807) is 0 Å². The van der Waals surface area contributed by atoms with Crippen molar-refractivity contribution in [3.63, 3.8) is 0 Å². The fourth-order valence-electron chi connectivity index (χ4n) is 1.50. The molecule has 3 heteroatoms. The van der Waals surface area contributed by atoms with Crippen LogP contribution in [0.15, 0.2) is 34.8 Å². The van der Waals surface area contributed by atoms with Gasteiger partial charge in [-0.2, -0.15) is 0 Å². The Morgan fingerprint density at radius 3 is 2.80 bits per heavy atom. The molecule has 0 radical (unpaired) electrons. The molecule has 0 bridgehead atoms. The number of rotatable bonds is 4. The smallest absolute Gasteiger partial charge is 0.0454 e. The topological polar surface area (TPSA) is 12.0 Å². The summed E-state index contributed by atoms with van der Waals surface area (Å²) in [4.78, 5) is 0. The molecule has 1 aromatic carbocycles. The van der Waals surface area contributed by atoms with Gasteiger partial charge in [0.2, 0.25) is 0 Å². The molecule has 0 saturated carbocycles. The van der Waals surface area contributed by atoms with Gasteiger partial charge in [0.1, 0.15) is 0 Å². The van der Waals surface area contributed by atoms with Crippen LogP contribution in [0.1, 0.15) is 24.9 Å². The molecule has 0 fully saturated rings. The molecule has 1 nitrogen and oxygen atoms in total. The Labute approximate surface area is 105 Å². The lowest BCUT2D eigenvalue weighted by Gasteiger charge is -2.18. The quantitative estimate of drug-likeness (QED) is 0.813. The standard InChI is InChI=1S/C12H15BrClN/c1-8(2)6-12(15-3)10-7-9(13)4-5-11(10)14/h4-5,7,12,15H,1,6H2,2-3H3. The van der Waals surface area contributed by atoms with Gasteiger partial charge >= 0.3 is 0 Å². The third kappa shape index (κ3) is 3.63. The fraction of sp³-hybridized carbons (Fsp3) is 0.333. The minimum Gasteiger partial charge on any atom is -0.313 e. The van der Waals surface area contributed by atoms with Gasteiger partial charge in [-0.25, -0.2) is 0 Å². The maximum Gasteiger partial charge on any atom is 0.0454 e. The maximum absolute atomic E-state index is 6.16. The summed E-state index contributed by atoms with van der Waals surface area (Å²) in [5.41, 5.74) is 2.25. The number of hydrogen-bond acceptors (Lipinski definition) is 1. The summed E-state index contributed by atoms with van der Waals surface area (Å²) in [6.45, 7) is 5.95. The Morgan fingerprint density at radius 1 is 1.60 bits per heavy atom. The second-order valence-corrected chi connectivity index (χ2v) is 4.99. The molecule has 1 N–H and O–H groups in total. The second-order valence-electron chi connectivity index (χ2n) is 3.67. The third-order valence-electron chi connectivity index (χ3n) is 2.23. The highest BCUT2D eigenvalue weighted by molar-refractivity contribution is 9.10. The first-order chi connectivity index (χ1) is 7.04. The number of halogens is 2. The van der Waals surface area contributed by atoms with Crippen molar-refractivity contribution in [1.29, 1.82) is 0 Å². The van der Waals surface area contributed by atoms with E-state index in [9.17, 15) is 0 Å². The molecule has 0 aliphatic rings. The van der Waals surface area contributed by atoms with E-state index in [4.69, 9.17) is 11.6 Å². The molecular weight excluding hydrogens is 273 g/mol. The predicted octanol–water partition coefficient (Wildman–Crippen LogP) is 4.33. The first kappa shape index (κ1) is 12.8. The molecule has 1 atom stereocenters. The summed E-state index contributed by atoms with van der Waals surface area (Å²) in [5.74, 6) is 0. The van der Waals surface area contributed by atoms with E-state index in [-0.39, 0.29) is 6.04 Å². The summed E-state index contributed by atoms with van der Waals surface area (Å²) in [6, 6.07) is 6.13. The zero-order valence-corrected chi connectivity index (χ0v) is 11.3. The highest BCUT2D eigenvalue weighted by Gasteiger charge is 2.13. The number of benzene rings is 1. The monoisotopic (exact) mass is 287 g/mol. The molecule has 1 aromatic rings. The van der Waals surface area contributed by atoms with Crippen molar-refractivity contribution < 1.29 is 0 Å². The average Bonchev–Trinajstić information content (AvgIpc) is 2.18. The summed E-state index contributed by atoms with van der Waals surface area (Å²) in [7, 11) is 1.94. The van der Waals surface area contributed by atoms with Crippen LogP contribution in [-0.4, -0.2) is 7.05 Å². The molecule has 0 aliphatic carbocycles. The third-order valence-corrected chi connectivity index (χ3v) is 3.07. The van der Waals surface area contributed by atoms with Crippen molar-refractivity contribution in [3.05, 3.63) is 45.4 Å². The van der Waals surface area contributed by atoms with Crippen LogP contribution in [-0.2, 0) is 0 Å². The lowest BCUT2D eigenvalue weighted by molar-refractivity contribution is 0.590. The lowest BCUT2D eigenvalue weighted by Crippen LogP contribution is -2.17. The summed E-state index contributed by atoms with van der Waals surface area (Å²) in [6.07, 6.45) is 0.896. The van der Waals surface area contributed by atoms with Crippen molar-refractivity contribution in [2.24, 2.45) is 0 Å². The Bertz CT molecular complexity index is 363. The van der Waals surface area contributed by atoms with Crippen LogP contribution in [0.5, 0.6) is 0 Å². The van der Waals surface area contributed by atoms with Crippen LogP contribution in [0.4, 0.5) is 0 Å². The minimum absolute atomic E-state index is 0.229. The largest absolute Gasteiger partial charge is 0.313 e. The van der Waals surface area contributed by atoms with Gasteiger partial charge < -0.3 is 5.32 Å². The summed E-state index contributed by atoms with van der Waals surface area (Å²) < 4.78 is 1.05. The SMILES string of the molecule is C=C(C)CC(NC)c1cc(Br)ccc1Cl. The van der Waals surface area contributed by atoms with Gasteiger partial charge in [-0.3, -0.25) is 0 Å². The second kappa shape index (κ2) is 5.69. The van der Waals surface area contributed by atoms with E-state index in [2.05, 4.69) is 27.8 Å². The maximum atomic E-state index is 6.16. The zero-order chi connectivity index (χ0) is 11.4. The van der Waals surface area contributed by atoms with E-state index in [0.29, 0.717) is 0 Å². The molecular formula is C12H15BrClN. The van der Waals surface area contributed by atoms with Gasteiger partial charge in [0.05, 0.1) is 0 Å². The van der Waals surface area contributed by atoms with Gasteiger partial charge in [0.15, 0.2) is 0 Å². The first-order valence-electron chi connectivity index (χ1n) is 4.81. The minimum atomic E-state index is 0.229. The van der Waals surface area contributed by atoms with Crippen molar-refractivity contribution in [3.8, 4) is 0 Å². The predicted molar refractivity (Wildman–Crippen MR) is 70.4 cm³/mol. The summed E-state index contributed by atoms with van der Waals surface area (Å²) in [5, 5.41) is 4.04. The van der Waals surface area contributed by atoms with Crippen LogP contribution in [0.2, 0.25) is 5.02 Å². The Balaban J connectivity index is 3.00. The van der Waals surface area contributed by atoms with Crippen LogP contribution in [0.25, 0.3) is 0 Å². The Hall–Kier alpha value is -0.310. The van der Waals surface area contributed by atoms with Gasteiger partial charge in [-0.05, 0) is 44.2 Å². The van der Waals surface area contributed by atoms with Crippen LogP contribution >= 0.6 is 27.5 Å². The molecule has 1 unspecified atom stereocenters. The van der Waals surface area contributed by atoms with Crippen molar-refractivity contribution in [2.45, 2.75) is 19.4 Å². The van der Waals surface area contributed by atoms with E-state index in [1.165, 1.54) is 0 Å². The highest BCUT2D eigenvalue weighted by atomic mass is 79.9. The Morgan fingerprint density at radius 2 is 2.27 bits per heavy atom. The van der Waals surface area contributed by atoms with Crippen LogP contribution in [0, 0.1) is 0 Å². The fourth-order valence-corrected chi connectivity index (χ4v) is 2.13. The van der Waals surface area contributed by atoms with Crippen molar-refractivity contribution in [1.82, 2.24) is 5.32 Å². The number of nitrogens with one attached hydrogen (secondary N) is 1. The average molecular weight is 289 g/mol. The van der Waals surface area contributed by atoms with Crippen LogP contribution in [0.3, 0.4) is 0 Å². The van der Waals surface area contributed by atoms with E-state index < -0.39 is 0 Å². The highest BCUT2D eigenvalue weighted by Crippen LogP contribution is 2.29. The van der Waals surface area contributed by atoms with Crippen molar-refractivity contribution in [2.75, 3.05) is 7.05 Å². The molecule has 0 saturated heterocycles. The summed E-state index contributed by atoms with van der Waals surface area (Å²) >= 11 is 9.61. The van der Waals surface area contributed by atoms with Crippen LogP contribution < -0.4 is 5.32 Å². The number of hydrogen-bond donors (Lipinski definition) is 1. The Kier molecular flexibility index (Phi) is 4.84.